The summed E-state index contributed by atoms with van der Waals surface area (Å²) in [6.45, 7) is 3.96. The van der Waals surface area contributed by atoms with Crippen LogP contribution in [-0.4, -0.2) is 24.8 Å². The molecule has 46 valence electrons. The molecule has 8 heavy (non-hydrogen) atoms. The van der Waals surface area contributed by atoms with E-state index in [0.717, 1.165) is 0 Å². The molecular weight excluding hydrogens is 102 g/mol. The number of rotatable bonds is 3. The predicted octanol–water partition coefficient (Wildman–Crippen LogP) is 0.00620. The summed E-state index contributed by atoms with van der Waals surface area (Å²) in [5, 5.41) is 5.42. The largest absolute Gasteiger partial charge is 0.326 e. The van der Waals surface area contributed by atoms with Crippen molar-refractivity contribution in [2.75, 3.05) is 13.6 Å². The van der Waals surface area contributed by atoms with Crippen molar-refractivity contribution >= 4 is 6.21 Å². The van der Waals surface area contributed by atoms with Crippen molar-refractivity contribution in [1.29, 1.82) is 0 Å². The van der Waals surface area contributed by atoms with Gasteiger partial charge in [-0.25, -0.2) is 0 Å². The first-order valence-corrected chi connectivity index (χ1v) is 2.39. The Bertz CT molecular complexity index is 87.7. The average Bonchev–Trinajstić information content (AvgIpc) is 1.83. The van der Waals surface area contributed by atoms with Crippen LogP contribution in [0.25, 0.3) is 0 Å². The number of hydrogen-bond donors (Lipinski definition) is 1. The van der Waals surface area contributed by atoms with Gasteiger partial charge in [0.15, 0.2) is 0 Å². The van der Waals surface area contributed by atoms with E-state index in [1.165, 1.54) is 0 Å². The number of nitrogens with zero attached hydrogens (tertiary/aromatic N) is 2. The van der Waals surface area contributed by atoms with Gasteiger partial charge in [0.05, 0.1) is 0 Å². The van der Waals surface area contributed by atoms with E-state index in [4.69, 9.17) is 5.73 Å². The Labute approximate surface area is 49.5 Å². The molecule has 0 aliphatic carbocycles. The van der Waals surface area contributed by atoms with Crippen LogP contribution in [0.1, 0.15) is 0 Å². The number of hydrogen-bond acceptors (Lipinski definition) is 3. The first kappa shape index (κ1) is 7.17. The lowest BCUT2D eigenvalue weighted by molar-refractivity contribution is 0.494. The van der Waals surface area contributed by atoms with E-state index in [1.807, 2.05) is 0 Å². The van der Waals surface area contributed by atoms with E-state index >= 15 is 0 Å². The van der Waals surface area contributed by atoms with Gasteiger partial charge in [-0.2, -0.15) is 5.10 Å². The van der Waals surface area contributed by atoms with Gasteiger partial charge in [-0.15, -0.1) is 0 Å². The van der Waals surface area contributed by atoms with E-state index in [2.05, 4.69) is 11.7 Å². The maximum atomic E-state index is 5.12. The van der Waals surface area contributed by atoms with Crippen LogP contribution in [0.3, 0.4) is 0 Å². The first-order valence-electron chi connectivity index (χ1n) is 2.39. The molecule has 0 saturated heterocycles. The van der Waals surface area contributed by atoms with E-state index in [1.54, 1.807) is 24.5 Å². The Morgan fingerprint density at radius 3 is 2.88 bits per heavy atom. The summed E-state index contributed by atoms with van der Waals surface area (Å²) in [7, 11) is 1.79. The lowest BCUT2D eigenvalue weighted by Gasteiger charge is -2.01. The third-order valence-corrected chi connectivity index (χ3v) is 0.633. The average molecular weight is 113 g/mol. The van der Waals surface area contributed by atoms with Gasteiger partial charge in [-0.1, -0.05) is 6.58 Å². The van der Waals surface area contributed by atoms with Gasteiger partial charge in [0.2, 0.25) is 0 Å². The zero-order valence-corrected chi connectivity index (χ0v) is 5.04. The maximum absolute atomic E-state index is 5.12. The Balaban J connectivity index is 3.35. The van der Waals surface area contributed by atoms with Crippen LogP contribution in [0.2, 0.25) is 0 Å². The summed E-state index contributed by atoms with van der Waals surface area (Å²) in [4.78, 5) is 0. The molecule has 0 aromatic heterocycles. The molecule has 0 heterocycles. The zero-order valence-electron chi connectivity index (χ0n) is 5.04. The summed E-state index contributed by atoms with van der Waals surface area (Å²) >= 11 is 0. The van der Waals surface area contributed by atoms with Crippen LogP contribution in [0, 0.1) is 0 Å². The third-order valence-electron chi connectivity index (χ3n) is 0.633. The Morgan fingerprint density at radius 2 is 2.50 bits per heavy atom. The fourth-order valence-electron chi connectivity index (χ4n) is 0.223. The lowest BCUT2D eigenvalue weighted by atomic mass is 10.8. The molecule has 0 bridgehead atoms. The molecule has 0 radical (unpaired) electrons. The van der Waals surface area contributed by atoms with E-state index in [-0.39, 0.29) is 0 Å². The van der Waals surface area contributed by atoms with E-state index in [0.29, 0.717) is 6.54 Å². The van der Waals surface area contributed by atoms with Crippen molar-refractivity contribution in [1.82, 2.24) is 5.01 Å². The van der Waals surface area contributed by atoms with Crippen LogP contribution in [0.5, 0.6) is 0 Å². The molecule has 0 saturated carbocycles. The van der Waals surface area contributed by atoms with Gasteiger partial charge in [-0.3, -0.25) is 5.01 Å². The molecule has 0 aliphatic rings. The van der Waals surface area contributed by atoms with E-state index < -0.39 is 0 Å². The van der Waals surface area contributed by atoms with Crippen LogP contribution in [0.4, 0.5) is 0 Å². The Kier molecular flexibility index (Phi) is 3.88. The topological polar surface area (TPSA) is 41.6 Å². The molecule has 0 unspecified atom stereocenters. The van der Waals surface area contributed by atoms with Gasteiger partial charge < -0.3 is 5.73 Å². The van der Waals surface area contributed by atoms with Crippen molar-refractivity contribution in [2.45, 2.75) is 0 Å². The SMILES string of the molecule is C=CN(C)/N=C\CN. The quantitative estimate of drug-likeness (QED) is 0.413. The summed E-state index contributed by atoms with van der Waals surface area (Å²) in [5.74, 6) is 0. The standard InChI is InChI=1S/C5H11N3/c1-3-8(2)7-5-4-6/h3,5H,1,4,6H2,2H3/b7-5-. The highest BCUT2D eigenvalue weighted by Gasteiger charge is 1.74. The van der Waals surface area contributed by atoms with Gasteiger partial charge in [0.25, 0.3) is 0 Å². The molecule has 0 rings (SSSR count). The second-order valence-corrected chi connectivity index (χ2v) is 1.29. The van der Waals surface area contributed by atoms with Crippen molar-refractivity contribution in [3.8, 4) is 0 Å². The van der Waals surface area contributed by atoms with Crippen LogP contribution in [-0.2, 0) is 0 Å². The molecule has 2 N–H and O–H groups in total. The molecule has 0 spiro atoms. The summed E-state index contributed by atoms with van der Waals surface area (Å²) in [6, 6.07) is 0. The van der Waals surface area contributed by atoms with Crippen molar-refractivity contribution < 1.29 is 0 Å². The fourth-order valence-corrected chi connectivity index (χ4v) is 0.223. The molecule has 0 atom stereocenters. The predicted molar refractivity (Wildman–Crippen MR) is 35.5 cm³/mol. The molecule has 3 heteroatoms. The highest BCUT2D eigenvalue weighted by molar-refractivity contribution is 5.58. The van der Waals surface area contributed by atoms with Gasteiger partial charge in [-0.05, 0) is 0 Å². The second kappa shape index (κ2) is 4.33. The smallest absolute Gasteiger partial charge is 0.0385 e. The molecule has 0 aromatic rings. The summed E-state index contributed by atoms with van der Waals surface area (Å²) in [5.41, 5.74) is 5.12. The summed E-state index contributed by atoms with van der Waals surface area (Å²) < 4.78 is 0. The Morgan fingerprint density at radius 1 is 1.88 bits per heavy atom. The van der Waals surface area contributed by atoms with Crippen LogP contribution < -0.4 is 5.73 Å². The highest BCUT2D eigenvalue weighted by Crippen LogP contribution is 1.77. The van der Waals surface area contributed by atoms with Crippen LogP contribution in [0.15, 0.2) is 17.9 Å². The number of hydrazone groups is 1. The molecule has 3 nitrogen and oxygen atoms in total. The maximum Gasteiger partial charge on any atom is 0.0385 e. The lowest BCUT2D eigenvalue weighted by Crippen LogP contribution is -2.05. The first-order chi connectivity index (χ1) is 3.81. The van der Waals surface area contributed by atoms with Gasteiger partial charge >= 0.3 is 0 Å². The summed E-state index contributed by atoms with van der Waals surface area (Å²) in [6.07, 6.45) is 3.22. The van der Waals surface area contributed by atoms with Crippen molar-refractivity contribution in [2.24, 2.45) is 10.8 Å². The van der Waals surface area contributed by atoms with Crippen molar-refractivity contribution in [3.05, 3.63) is 12.8 Å². The molecule has 0 fully saturated rings. The van der Waals surface area contributed by atoms with Gasteiger partial charge in [0, 0.05) is 26.0 Å². The molecule has 0 amide bonds. The third kappa shape index (κ3) is 3.36. The van der Waals surface area contributed by atoms with Crippen molar-refractivity contribution in [3.63, 3.8) is 0 Å². The minimum absolute atomic E-state index is 0.470. The fraction of sp³-hybridized carbons (Fsp3) is 0.400. The van der Waals surface area contributed by atoms with Crippen LogP contribution >= 0.6 is 0 Å². The molecule has 0 aromatic carbocycles. The minimum Gasteiger partial charge on any atom is -0.326 e. The normalized spacial score (nSPS) is 9.75. The number of nitrogens with two attached hydrogens (primary N) is 1. The monoisotopic (exact) mass is 113 g/mol. The molecule has 0 aliphatic heterocycles. The Hall–Kier alpha value is -0.830. The molecular formula is C5H11N3. The highest BCUT2D eigenvalue weighted by atomic mass is 15.4. The zero-order chi connectivity index (χ0) is 6.41. The minimum atomic E-state index is 0.470. The van der Waals surface area contributed by atoms with Gasteiger partial charge in [0.1, 0.15) is 0 Å². The second-order valence-electron chi connectivity index (χ2n) is 1.29. The van der Waals surface area contributed by atoms with E-state index in [9.17, 15) is 0 Å².